The molecule has 0 aliphatic carbocycles. The number of ether oxygens (including phenoxy) is 1. The largest absolute Gasteiger partial charge is 0.465 e. The number of nitrogens with zero attached hydrogens (tertiary/aromatic N) is 2. The lowest BCUT2D eigenvalue weighted by Gasteiger charge is -2.06. The summed E-state index contributed by atoms with van der Waals surface area (Å²) in [5, 5.41) is 1.13. The Labute approximate surface area is 110 Å². The summed E-state index contributed by atoms with van der Waals surface area (Å²) in [6.45, 7) is 0. The van der Waals surface area contributed by atoms with Gasteiger partial charge in [0.25, 0.3) is 0 Å². The van der Waals surface area contributed by atoms with Crippen LogP contribution in [0, 0.1) is 0 Å². The molecule has 2 aromatic heterocycles. The summed E-state index contributed by atoms with van der Waals surface area (Å²) in [5.41, 5.74) is 1.54. The normalized spacial score (nSPS) is 10.6. The molecule has 19 heavy (non-hydrogen) atoms. The Bertz CT molecular complexity index is 746. The SMILES string of the molecule is COC(=O)c1ccnc(-n2ccc3ccccc32)c1. The van der Waals surface area contributed by atoms with E-state index in [0.717, 1.165) is 10.9 Å². The number of rotatable bonds is 2. The van der Waals surface area contributed by atoms with E-state index in [0.29, 0.717) is 11.4 Å². The smallest absolute Gasteiger partial charge is 0.338 e. The third kappa shape index (κ3) is 1.97. The van der Waals surface area contributed by atoms with Crippen molar-refractivity contribution in [2.75, 3.05) is 7.11 Å². The van der Waals surface area contributed by atoms with E-state index in [4.69, 9.17) is 4.74 Å². The number of esters is 1. The van der Waals surface area contributed by atoms with Crippen molar-refractivity contribution in [1.82, 2.24) is 9.55 Å². The van der Waals surface area contributed by atoms with Crippen molar-refractivity contribution in [3.8, 4) is 5.82 Å². The van der Waals surface area contributed by atoms with Crippen LogP contribution in [0.25, 0.3) is 16.7 Å². The van der Waals surface area contributed by atoms with E-state index in [1.165, 1.54) is 7.11 Å². The molecule has 3 aromatic rings. The zero-order valence-electron chi connectivity index (χ0n) is 10.4. The molecule has 4 heteroatoms. The van der Waals surface area contributed by atoms with Crippen LogP contribution in [-0.4, -0.2) is 22.6 Å². The molecule has 4 nitrogen and oxygen atoms in total. The van der Waals surface area contributed by atoms with Gasteiger partial charge in [0.05, 0.1) is 18.2 Å². The molecular formula is C15H12N2O2. The number of hydrogen-bond acceptors (Lipinski definition) is 3. The maximum atomic E-state index is 11.5. The minimum Gasteiger partial charge on any atom is -0.465 e. The third-order valence-electron chi connectivity index (χ3n) is 3.01. The average Bonchev–Trinajstić information content (AvgIpc) is 2.90. The Morgan fingerprint density at radius 2 is 2.05 bits per heavy atom. The number of methoxy groups -OCH3 is 1. The van der Waals surface area contributed by atoms with Crippen LogP contribution in [0.2, 0.25) is 0 Å². The van der Waals surface area contributed by atoms with E-state index in [1.807, 2.05) is 41.1 Å². The van der Waals surface area contributed by atoms with Crippen molar-refractivity contribution in [2.45, 2.75) is 0 Å². The number of carbonyl (C=O) groups excluding carboxylic acids is 1. The number of carbonyl (C=O) groups is 1. The molecule has 2 heterocycles. The van der Waals surface area contributed by atoms with Crippen molar-refractivity contribution >= 4 is 16.9 Å². The Balaban J connectivity index is 2.14. The fourth-order valence-corrected chi connectivity index (χ4v) is 2.08. The van der Waals surface area contributed by atoms with Gasteiger partial charge in [0, 0.05) is 12.4 Å². The zero-order chi connectivity index (χ0) is 13.2. The summed E-state index contributed by atoms with van der Waals surface area (Å²) in [5.74, 6) is 0.337. The second-order valence-electron chi connectivity index (χ2n) is 4.14. The predicted molar refractivity (Wildman–Crippen MR) is 72.4 cm³/mol. The fourth-order valence-electron chi connectivity index (χ4n) is 2.08. The highest BCUT2D eigenvalue weighted by Gasteiger charge is 2.09. The summed E-state index contributed by atoms with van der Waals surface area (Å²) in [6.07, 6.45) is 3.55. The van der Waals surface area contributed by atoms with Crippen LogP contribution in [0.5, 0.6) is 0 Å². The standard InChI is InChI=1S/C15H12N2O2/c1-19-15(18)12-6-8-16-14(10-12)17-9-7-11-4-2-3-5-13(11)17/h2-10H,1H3. The van der Waals surface area contributed by atoms with E-state index < -0.39 is 0 Å². The highest BCUT2D eigenvalue weighted by atomic mass is 16.5. The molecular weight excluding hydrogens is 240 g/mol. The van der Waals surface area contributed by atoms with Crippen molar-refractivity contribution in [2.24, 2.45) is 0 Å². The maximum Gasteiger partial charge on any atom is 0.338 e. The van der Waals surface area contributed by atoms with Gasteiger partial charge in [0.2, 0.25) is 0 Å². The maximum absolute atomic E-state index is 11.5. The highest BCUT2D eigenvalue weighted by molar-refractivity contribution is 5.90. The first-order valence-electron chi connectivity index (χ1n) is 5.90. The van der Waals surface area contributed by atoms with E-state index >= 15 is 0 Å². The van der Waals surface area contributed by atoms with Gasteiger partial charge in [-0.25, -0.2) is 9.78 Å². The Kier molecular flexibility index (Phi) is 2.76. The van der Waals surface area contributed by atoms with Crippen LogP contribution < -0.4 is 0 Å². The van der Waals surface area contributed by atoms with Gasteiger partial charge < -0.3 is 9.30 Å². The van der Waals surface area contributed by atoms with Crippen molar-refractivity contribution in [1.29, 1.82) is 0 Å². The molecule has 1 aromatic carbocycles. The molecule has 0 saturated carbocycles. The number of fused-ring (bicyclic) bond motifs is 1. The number of benzene rings is 1. The van der Waals surface area contributed by atoms with Crippen LogP contribution in [0.3, 0.4) is 0 Å². The van der Waals surface area contributed by atoms with E-state index in [2.05, 4.69) is 4.98 Å². The van der Waals surface area contributed by atoms with Crippen LogP contribution in [0.15, 0.2) is 54.9 Å². The molecule has 0 bridgehead atoms. The molecule has 0 spiro atoms. The summed E-state index contributed by atoms with van der Waals surface area (Å²) < 4.78 is 6.67. The summed E-state index contributed by atoms with van der Waals surface area (Å²) in [6, 6.07) is 13.4. The summed E-state index contributed by atoms with van der Waals surface area (Å²) in [7, 11) is 1.37. The molecule has 0 saturated heterocycles. The first kappa shape index (κ1) is 11.5. The van der Waals surface area contributed by atoms with E-state index in [9.17, 15) is 4.79 Å². The number of hydrogen-bond donors (Lipinski definition) is 0. The minimum absolute atomic E-state index is 0.361. The minimum atomic E-state index is -0.361. The van der Waals surface area contributed by atoms with Crippen LogP contribution in [0.1, 0.15) is 10.4 Å². The molecule has 0 aliphatic heterocycles. The van der Waals surface area contributed by atoms with Gasteiger partial charge >= 0.3 is 5.97 Å². The molecule has 3 rings (SSSR count). The van der Waals surface area contributed by atoms with E-state index in [1.54, 1.807) is 18.3 Å². The second kappa shape index (κ2) is 4.57. The Morgan fingerprint density at radius 1 is 1.21 bits per heavy atom. The van der Waals surface area contributed by atoms with Gasteiger partial charge in [0.1, 0.15) is 5.82 Å². The highest BCUT2D eigenvalue weighted by Crippen LogP contribution is 2.19. The lowest BCUT2D eigenvalue weighted by molar-refractivity contribution is 0.0600. The molecule has 0 unspecified atom stereocenters. The third-order valence-corrected chi connectivity index (χ3v) is 3.01. The van der Waals surface area contributed by atoms with Gasteiger partial charge in [-0.05, 0) is 29.7 Å². The molecule has 94 valence electrons. The number of para-hydroxylation sites is 1. The van der Waals surface area contributed by atoms with Gasteiger partial charge in [-0.15, -0.1) is 0 Å². The van der Waals surface area contributed by atoms with Crippen LogP contribution >= 0.6 is 0 Å². The van der Waals surface area contributed by atoms with Crippen molar-refractivity contribution in [3.63, 3.8) is 0 Å². The molecule has 0 aliphatic rings. The average molecular weight is 252 g/mol. The first-order chi connectivity index (χ1) is 9.29. The zero-order valence-corrected chi connectivity index (χ0v) is 10.4. The summed E-state index contributed by atoms with van der Waals surface area (Å²) in [4.78, 5) is 15.8. The van der Waals surface area contributed by atoms with Crippen molar-refractivity contribution < 1.29 is 9.53 Å². The molecule has 0 fully saturated rings. The lowest BCUT2D eigenvalue weighted by Crippen LogP contribution is -2.04. The number of pyridine rings is 1. The second-order valence-corrected chi connectivity index (χ2v) is 4.14. The topological polar surface area (TPSA) is 44.1 Å². The van der Waals surface area contributed by atoms with Crippen LogP contribution in [0.4, 0.5) is 0 Å². The molecule has 0 N–H and O–H groups in total. The monoisotopic (exact) mass is 252 g/mol. The lowest BCUT2D eigenvalue weighted by atomic mass is 10.2. The quantitative estimate of drug-likeness (QED) is 0.659. The molecule has 0 atom stereocenters. The molecule has 0 amide bonds. The number of aromatic nitrogens is 2. The predicted octanol–water partition coefficient (Wildman–Crippen LogP) is 2.81. The van der Waals surface area contributed by atoms with Crippen molar-refractivity contribution in [3.05, 3.63) is 60.4 Å². The summed E-state index contributed by atoms with van der Waals surface area (Å²) >= 11 is 0. The Morgan fingerprint density at radius 3 is 2.89 bits per heavy atom. The van der Waals surface area contributed by atoms with E-state index in [-0.39, 0.29) is 5.97 Å². The van der Waals surface area contributed by atoms with Crippen LogP contribution in [-0.2, 0) is 4.74 Å². The van der Waals surface area contributed by atoms with Gasteiger partial charge in [-0.3, -0.25) is 0 Å². The fraction of sp³-hybridized carbons (Fsp3) is 0.0667. The van der Waals surface area contributed by atoms with Gasteiger partial charge in [0.15, 0.2) is 0 Å². The van der Waals surface area contributed by atoms with Gasteiger partial charge in [-0.1, -0.05) is 18.2 Å². The Hall–Kier alpha value is -2.62. The van der Waals surface area contributed by atoms with Gasteiger partial charge in [-0.2, -0.15) is 0 Å². The molecule has 0 radical (unpaired) electrons. The first-order valence-corrected chi connectivity index (χ1v) is 5.90.